The summed E-state index contributed by atoms with van der Waals surface area (Å²) in [4.78, 5) is 14.0. The molecule has 0 bridgehead atoms. The van der Waals surface area contributed by atoms with E-state index in [0.29, 0.717) is 13.2 Å². The predicted molar refractivity (Wildman–Crippen MR) is 95.0 cm³/mol. The number of benzene rings is 1. The Balaban J connectivity index is 1.97. The average Bonchev–Trinajstić information content (AvgIpc) is 2.92. The van der Waals surface area contributed by atoms with E-state index in [1.807, 2.05) is 42.8 Å². The van der Waals surface area contributed by atoms with Crippen molar-refractivity contribution >= 4 is 39.8 Å². The summed E-state index contributed by atoms with van der Waals surface area (Å²) in [6.45, 7) is 4.68. The van der Waals surface area contributed by atoms with Gasteiger partial charge in [0.25, 0.3) is 5.91 Å². The van der Waals surface area contributed by atoms with E-state index < -0.39 is 0 Å². The van der Waals surface area contributed by atoms with Gasteiger partial charge < -0.3 is 9.64 Å². The van der Waals surface area contributed by atoms with Crippen molar-refractivity contribution in [1.82, 2.24) is 4.90 Å². The minimum atomic E-state index is 0.0427. The number of thiophene rings is 1. The number of carbonyl (C=O) groups excluding carboxylic acids is 1. The number of ether oxygens (including phenoxy) is 1. The van der Waals surface area contributed by atoms with Crippen LogP contribution in [0, 0.1) is 2.88 Å². The summed E-state index contributed by atoms with van der Waals surface area (Å²) in [6.07, 6.45) is 1.71. The molecule has 0 saturated carbocycles. The van der Waals surface area contributed by atoms with Gasteiger partial charge in [0, 0.05) is 19.0 Å². The van der Waals surface area contributed by atoms with E-state index in [0.717, 1.165) is 19.8 Å². The normalized spacial score (nSPS) is 10.2. The maximum Gasteiger partial charge on any atom is 0.254 e. The number of amides is 1. The third kappa shape index (κ3) is 4.57. The van der Waals surface area contributed by atoms with Gasteiger partial charge in [-0.25, -0.2) is 0 Å². The van der Waals surface area contributed by atoms with Crippen molar-refractivity contribution in [3.8, 4) is 5.75 Å². The molecule has 0 radical (unpaired) electrons. The molecule has 5 heteroatoms. The van der Waals surface area contributed by atoms with Crippen LogP contribution < -0.4 is 4.74 Å². The molecule has 110 valence electrons. The highest BCUT2D eigenvalue weighted by molar-refractivity contribution is 14.1. The zero-order valence-electron chi connectivity index (χ0n) is 11.7. The van der Waals surface area contributed by atoms with Crippen LogP contribution in [-0.4, -0.2) is 24.5 Å². The number of hydrogen-bond donors (Lipinski definition) is 0. The lowest BCUT2D eigenvalue weighted by molar-refractivity contribution is 0.0785. The second-order valence-electron chi connectivity index (χ2n) is 4.54. The van der Waals surface area contributed by atoms with Crippen LogP contribution in [0.2, 0.25) is 0 Å². The lowest BCUT2D eigenvalue weighted by atomic mass is 10.2. The zero-order valence-corrected chi connectivity index (χ0v) is 14.7. The Labute approximate surface area is 142 Å². The van der Waals surface area contributed by atoms with Gasteiger partial charge in [0.05, 0.1) is 8.45 Å². The monoisotopic (exact) mass is 413 g/mol. The van der Waals surface area contributed by atoms with Crippen LogP contribution in [0.25, 0.3) is 0 Å². The van der Waals surface area contributed by atoms with E-state index in [2.05, 4.69) is 29.2 Å². The third-order valence-electron chi connectivity index (χ3n) is 2.87. The predicted octanol–water partition coefficient (Wildman–Crippen LogP) is 4.19. The fraction of sp³-hybridized carbons (Fsp3) is 0.188. The largest absolute Gasteiger partial charge is 0.490 e. The van der Waals surface area contributed by atoms with Crippen molar-refractivity contribution in [3.63, 3.8) is 0 Å². The molecule has 0 unspecified atom stereocenters. The molecule has 3 nitrogen and oxygen atoms in total. The van der Waals surface area contributed by atoms with E-state index in [4.69, 9.17) is 4.74 Å². The van der Waals surface area contributed by atoms with Crippen molar-refractivity contribution in [1.29, 1.82) is 0 Å². The summed E-state index contributed by atoms with van der Waals surface area (Å²) in [5.41, 5.74) is 1.82. The van der Waals surface area contributed by atoms with Gasteiger partial charge in [-0.1, -0.05) is 24.8 Å². The van der Waals surface area contributed by atoms with Gasteiger partial charge >= 0.3 is 0 Å². The average molecular weight is 413 g/mol. The van der Waals surface area contributed by atoms with Gasteiger partial charge in [0.2, 0.25) is 0 Å². The highest BCUT2D eigenvalue weighted by atomic mass is 127. The summed E-state index contributed by atoms with van der Waals surface area (Å²) in [7, 11) is 1.81. The minimum absolute atomic E-state index is 0.0427. The van der Waals surface area contributed by atoms with Gasteiger partial charge in [-0.3, -0.25) is 4.79 Å². The van der Waals surface area contributed by atoms with Gasteiger partial charge in [-0.05, 0) is 46.4 Å². The maximum atomic E-state index is 12.3. The molecular formula is C16H16INO2S. The van der Waals surface area contributed by atoms with Crippen molar-refractivity contribution < 1.29 is 9.53 Å². The molecule has 0 fully saturated rings. The third-order valence-corrected chi connectivity index (χ3v) is 4.66. The first-order chi connectivity index (χ1) is 10.1. The van der Waals surface area contributed by atoms with Crippen LogP contribution in [0.4, 0.5) is 0 Å². The summed E-state index contributed by atoms with van der Waals surface area (Å²) in [5.74, 6) is 0.848. The molecule has 1 amide bonds. The number of hydrogen-bond acceptors (Lipinski definition) is 3. The standard InChI is InChI=1S/C16H16INO2S/c1-3-8-20-14-6-4-12(5-7-14)10-18(2)16(19)13-9-15(17)21-11-13/h3-7,9,11H,1,8,10H2,2H3. The molecule has 21 heavy (non-hydrogen) atoms. The lowest BCUT2D eigenvalue weighted by Crippen LogP contribution is -2.25. The second kappa shape index (κ2) is 7.61. The molecule has 2 rings (SSSR count). The molecule has 0 atom stereocenters. The summed E-state index contributed by atoms with van der Waals surface area (Å²) in [5, 5.41) is 1.90. The molecule has 0 spiro atoms. The number of nitrogens with zero attached hydrogens (tertiary/aromatic N) is 1. The molecule has 0 aliphatic heterocycles. The van der Waals surface area contributed by atoms with Gasteiger partial charge in [-0.2, -0.15) is 0 Å². The number of rotatable bonds is 6. The molecule has 1 aromatic carbocycles. The van der Waals surface area contributed by atoms with E-state index in [1.54, 1.807) is 22.3 Å². The molecule has 1 heterocycles. The van der Waals surface area contributed by atoms with Crippen molar-refractivity contribution in [2.45, 2.75) is 6.54 Å². The van der Waals surface area contributed by atoms with Crippen LogP contribution in [0.5, 0.6) is 5.75 Å². The fourth-order valence-electron chi connectivity index (χ4n) is 1.83. The van der Waals surface area contributed by atoms with Gasteiger partial charge in [0.15, 0.2) is 0 Å². The van der Waals surface area contributed by atoms with Crippen molar-refractivity contribution in [3.05, 3.63) is 62.4 Å². The summed E-state index contributed by atoms with van der Waals surface area (Å²) >= 11 is 3.80. The Bertz CT molecular complexity index is 621. The van der Waals surface area contributed by atoms with E-state index >= 15 is 0 Å². The molecule has 0 aliphatic rings. The Morgan fingerprint density at radius 1 is 1.43 bits per heavy atom. The minimum Gasteiger partial charge on any atom is -0.490 e. The number of halogens is 1. The quantitative estimate of drug-likeness (QED) is 0.525. The molecule has 0 saturated heterocycles. The molecule has 1 aromatic heterocycles. The smallest absolute Gasteiger partial charge is 0.254 e. The van der Waals surface area contributed by atoms with Gasteiger partial charge in [-0.15, -0.1) is 11.3 Å². The molecular weight excluding hydrogens is 397 g/mol. The lowest BCUT2D eigenvalue weighted by Gasteiger charge is -2.16. The Morgan fingerprint density at radius 3 is 2.71 bits per heavy atom. The van der Waals surface area contributed by atoms with Crippen LogP contribution in [-0.2, 0) is 6.54 Å². The topological polar surface area (TPSA) is 29.5 Å². The van der Waals surface area contributed by atoms with Gasteiger partial charge in [0.1, 0.15) is 12.4 Å². The molecule has 0 N–H and O–H groups in total. The first kappa shape index (κ1) is 16.0. The zero-order chi connectivity index (χ0) is 15.2. The van der Waals surface area contributed by atoms with Crippen LogP contribution in [0.1, 0.15) is 15.9 Å². The van der Waals surface area contributed by atoms with Crippen LogP contribution >= 0.6 is 33.9 Å². The first-order valence-electron chi connectivity index (χ1n) is 6.42. The maximum absolute atomic E-state index is 12.3. The van der Waals surface area contributed by atoms with Crippen molar-refractivity contribution in [2.24, 2.45) is 0 Å². The van der Waals surface area contributed by atoms with E-state index in [9.17, 15) is 4.79 Å². The Kier molecular flexibility index (Phi) is 5.81. The fourth-order valence-corrected chi connectivity index (χ4v) is 3.15. The molecule has 2 aromatic rings. The molecule has 0 aliphatic carbocycles. The second-order valence-corrected chi connectivity index (χ2v) is 7.35. The number of carbonyl (C=O) groups is 1. The summed E-state index contributed by atoms with van der Waals surface area (Å²) < 4.78 is 6.56. The van der Waals surface area contributed by atoms with Crippen molar-refractivity contribution in [2.75, 3.05) is 13.7 Å². The Morgan fingerprint density at radius 2 is 2.14 bits per heavy atom. The van der Waals surface area contributed by atoms with Crippen LogP contribution in [0.15, 0.2) is 48.4 Å². The van der Waals surface area contributed by atoms with Crippen LogP contribution in [0.3, 0.4) is 0 Å². The SMILES string of the molecule is C=CCOc1ccc(CN(C)C(=O)c2csc(I)c2)cc1. The summed E-state index contributed by atoms with van der Waals surface area (Å²) in [6, 6.07) is 9.67. The first-order valence-corrected chi connectivity index (χ1v) is 8.38. The Hall–Kier alpha value is -1.34. The van der Waals surface area contributed by atoms with E-state index in [1.165, 1.54) is 0 Å². The highest BCUT2D eigenvalue weighted by Crippen LogP contribution is 2.19. The van der Waals surface area contributed by atoms with E-state index in [-0.39, 0.29) is 5.91 Å². The highest BCUT2D eigenvalue weighted by Gasteiger charge is 2.13.